The van der Waals surface area contributed by atoms with Gasteiger partial charge < -0.3 is 10.4 Å². The van der Waals surface area contributed by atoms with Crippen molar-refractivity contribution in [1.82, 2.24) is 9.78 Å². The van der Waals surface area contributed by atoms with Crippen LogP contribution in [0.25, 0.3) is 0 Å². The first-order chi connectivity index (χ1) is 8.50. The van der Waals surface area contributed by atoms with E-state index in [0.717, 1.165) is 5.69 Å². The summed E-state index contributed by atoms with van der Waals surface area (Å²) in [7, 11) is 1.69. The van der Waals surface area contributed by atoms with Crippen molar-refractivity contribution in [3.05, 3.63) is 40.1 Å². The number of aromatic nitrogens is 2. The van der Waals surface area contributed by atoms with Crippen LogP contribution >= 0.6 is 15.9 Å². The Morgan fingerprint density at radius 3 is 2.67 bits per heavy atom. The molecule has 0 bridgehead atoms. The highest BCUT2D eigenvalue weighted by atomic mass is 79.9. The number of amides is 1. The number of aryl methyl sites for hydroxylation is 2. The number of anilines is 1. The Morgan fingerprint density at radius 2 is 2.11 bits per heavy atom. The molecule has 18 heavy (non-hydrogen) atoms. The van der Waals surface area contributed by atoms with Crippen LogP contribution in [0.4, 0.5) is 5.69 Å². The second kappa shape index (κ2) is 4.81. The van der Waals surface area contributed by atoms with E-state index in [1.54, 1.807) is 32.2 Å². The van der Waals surface area contributed by atoms with E-state index >= 15 is 0 Å². The molecule has 0 saturated heterocycles. The number of para-hydroxylation sites is 2. The summed E-state index contributed by atoms with van der Waals surface area (Å²) in [5.41, 5.74) is 1.52. The van der Waals surface area contributed by atoms with Crippen molar-refractivity contribution in [2.45, 2.75) is 6.92 Å². The average molecular weight is 310 g/mol. The molecule has 0 radical (unpaired) electrons. The minimum atomic E-state index is -0.327. The number of hydrogen-bond acceptors (Lipinski definition) is 3. The van der Waals surface area contributed by atoms with Crippen LogP contribution in [0.3, 0.4) is 0 Å². The molecule has 2 N–H and O–H groups in total. The van der Waals surface area contributed by atoms with Gasteiger partial charge in [-0.3, -0.25) is 9.48 Å². The lowest BCUT2D eigenvalue weighted by atomic mass is 10.2. The van der Waals surface area contributed by atoms with Crippen molar-refractivity contribution in [3.8, 4) is 5.75 Å². The molecule has 0 fully saturated rings. The number of hydrogen-bond donors (Lipinski definition) is 2. The predicted octanol–water partition coefficient (Wildman–Crippen LogP) is 2.45. The fourth-order valence-electron chi connectivity index (χ4n) is 1.64. The number of phenolic OH excluding ortho intramolecular Hbond substituents is 1. The predicted molar refractivity (Wildman–Crippen MR) is 71.7 cm³/mol. The van der Waals surface area contributed by atoms with Crippen molar-refractivity contribution in [1.29, 1.82) is 0 Å². The number of carbonyl (C=O) groups excluding carboxylic acids is 1. The van der Waals surface area contributed by atoms with Gasteiger partial charge in [0, 0.05) is 7.05 Å². The number of carbonyl (C=O) groups is 1. The largest absolute Gasteiger partial charge is 0.506 e. The molecule has 0 aliphatic rings. The third kappa shape index (κ3) is 2.24. The lowest BCUT2D eigenvalue weighted by Gasteiger charge is -2.07. The molecule has 5 nitrogen and oxygen atoms in total. The Labute approximate surface area is 113 Å². The molecule has 0 unspecified atom stereocenters. The Balaban J connectivity index is 2.31. The summed E-state index contributed by atoms with van der Waals surface area (Å²) in [5, 5.41) is 16.4. The number of phenols is 1. The van der Waals surface area contributed by atoms with E-state index in [9.17, 15) is 9.90 Å². The normalized spacial score (nSPS) is 10.4. The first kappa shape index (κ1) is 12.6. The van der Waals surface area contributed by atoms with E-state index in [1.807, 2.05) is 0 Å². The maximum absolute atomic E-state index is 12.1. The Hall–Kier alpha value is -1.82. The first-order valence-electron chi connectivity index (χ1n) is 5.29. The Bertz CT molecular complexity index is 607. The Kier molecular flexibility index (Phi) is 3.38. The van der Waals surface area contributed by atoms with E-state index in [1.165, 1.54) is 10.7 Å². The van der Waals surface area contributed by atoms with Gasteiger partial charge in [0.2, 0.25) is 0 Å². The smallest absolute Gasteiger partial charge is 0.275 e. The zero-order valence-corrected chi connectivity index (χ0v) is 11.5. The summed E-state index contributed by atoms with van der Waals surface area (Å²) in [5.74, 6) is -0.299. The molecule has 0 atom stereocenters. The fourth-order valence-corrected chi connectivity index (χ4v) is 2.16. The van der Waals surface area contributed by atoms with E-state index in [-0.39, 0.29) is 11.7 Å². The highest BCUT2D eigenvalue weighted by Crippen LogP contribution is 2.25. The molecule has 0 aliphatic carbocycles. The summed E-state index contributed by atoms with van der Waals surface area (Å²) >= 11 is 3.33. The molecule has 1 heterocycles. The molecular formula is C12H12BrN3O2. The molecule has 94 valence electrons. The molecule has 0 spiro atoms. The minimum absolute atomic E-state index is 0.0286. The van der Waals surface area contributed by atoms with Crippen LogP contribution < -0.4 is 5.32 Å². The number of nitrogens with zero attached hydrogens (tertiary/aromatic N) is 2. The van der Waals surface area contributed by atoms with Gasteiger partial charge in [0.25, 0.3) is 5.91 Å². The molecular weight excluding hydrogens is 298 g/mol. The van der Waals surface area contributed by atoms with Crippen molar-refractivity contribution < 1.29 is 9.90 Å². The van der Waals surface area contributed by atoms with Crippen LogP contribution in [-0.4, -0.2) is 20.8 Å². The van der Waals surface area contributed by atoms with Gasteiger partial charge in [0.1, 0.15) is 11.4 Å². The van der Waals surface area contributed by atoms with Gasteiger partial charge in [0.15, 0.2) is 0 Å². The van der Waals surface area contributed by atoms with E-state index in [2.05, 4.69) is 26.3 Å². The number of rotatable bonds is 2. The topological polar surface area (TPSA) is 67.2 Å². The zero-order chi connectivity index (χ0) is 13.3. The standard InChI is InChI=1S/C12H12BrN3O2/c1-7-10(13)11(16(2)15-7)12(18)14-8-5-3-4-6-9(8)17/h3-6,17H,1-2H3,(H,14,18). The van der Waals surface area contributed by atoms with Crippen LogP contribution in [0.2, 0.25) is 0 Å². The number of halogens is 1. The summed E-state index contributed by atoms with van der Waals surface area (Å²) in [6.07, 6.45) is 0. The maximum Gasteiger partial charge on any atom is 0.275 e. The number of aromatic hydroxyl groups is 1. The van der Waals surface area contributed by atoms with Crippen molar-refractivity contribution in [2.75, 3.05) is 5.32 Å². The zero-order valence-electron chi connectivity index (χ0n) is 9.94. The fraction of sp³-hybridized carbons (Fsp3) is 0.167. The van der Waals surface area contributed by atoms with Crippen molar-refractivity contribution in [2.24, 2.45) is 7.05 Å². The number of nitrogens with one attached hydrogen (secondary N) is 1. The van der Waals surface area contributed by atoms with Crippen molar-refractivity contribution in [3.63, 3.8) is 0 Å². The van der Waals surface area contributed by atoms with Gasteiger partial charge >= 0.3 is 0 Å². The second-order valence-electron chi connectivity index (χ2n) is 3.84. The highest BCUT2D eigenvalue weighted by Gasteiger charge is 2.18. The van der Waals surface area contributed by atoms with Gasteiger partial charge in [-0.15, -0.1) is 0 Å². The van der Waals surface area contributed by atoms with Gasteiger partial charge in [-0.1, -0.05) is 12.1 Å². The molecule has 1 aromatic heterocycles. The molecule has 2 aromatic rings. The SMILES string of the molecule is Cc1nn(C)c(C(=O)Nc2ccccc2O)c1Br. The molecule has 6 heteroatoms. The van der Waals surface area contributed by atoms with E-state index in [4.69, 9.17) is 0 Å². The third-order valence-electron chi connectivity index (χ3n) is 2.52. The molecule has 1 aromatic carbocycles. The van der Waals surface area contributed by atoms with E-state index in [0.29, 0.717) is 15.9 Å². The highest BCUT2D eigenvalue weighted by molar-refractivity contribution is 9.10. The number of benzene rings is 1. The summed E-state index contributed by atoms with van der Waals surface area (Å²) in [6.45, 7) is 1.81. The molecule has 0 aliphatic heterocycles. The molecule has 2 rings (SSSR count). The first-order valence-corrected chi connectivity index (χ1v) is 6.08. The second-order valence-corrected chi connectivity index (χ2v) is 4.64. The van der Waals surface area contributed by atoms with Crippen LogP contribution in [0.1, 0.15) is 16.2 Å². The lowest BCUT2D eigenvalue weighted by Crippen LogP contribution is -2.16. The van der Waals surface area contributed by atoms with Gasteiger partial charge in [0.05, 0.1) is 15.9 Å². The van der Waals surface area contributed by atoms with Crippen LogP contribution in [0.15, 0.2) is 28.7 Å². The minimum Gasteiger partial charge on any atom is -0.506 e. The lowest BCUT2D eigenvalue weighted by molar-refractivity contribution is 0.101. The van der Waals surface area contributed by atoms with Gasteiger partial charge in [-0.05, 0) is 35.0 Å². The monoisotopic (exact) mass is 309 g/mol. The molecule has 0 saturated carbocycles. The van der Waals surface area contributed by atoms with Crippen LogP contribution in [0.5, 0.6) is 5.75 Å². The third-order valence-corrected chi connectivity index (χ3v) is 3.47. The van der Waals surface area contributed by atoms with Gasteiger partial charge in [-0.2, -0.15) is 5.10 Å². The van der Waals surface area contributed by atoms with Crippen LogP contribution in [-0.2, 0) is 7.05 Å². The Morgan fingerprint density at radius 1 is 1.44 bits per heavy atom. The van der Waals surface area contributed by atoms with E-state index < -0.39 is 0 Å². The van der Waals surface area contributed by atoms with Crippen LogP contribution in [0, 0.1) is 6.92 Å². The quantitative estimate of drug-likeness (QED) is 0.837. The van der Waals surface area contributed by atoms with Crippen molar-refractivity contribution >= 4 is 27.5 Å². The summed E-state index contributed by atoms with van der Waals surface area (Å²) in [6, 6.07) is 6.57. The maximum atomic E-state index is 12.1. The van der Waals surface area contributed by atoms with Gasteiger partial charge in [-0.25, -0.2) is 0 Å². The summed E-state index contributed by atoms with van der Waals surface area (Å²) in [4.78, 5) is 12.1. The average Bonchev–Trinajstić information content (AvgIpc) is 2.56. The molecule has 1 amide bonds. The summed E-state index contributed by atoms with van der Waals surface area (Å²) < 4.78 is 2.15.